The van der Waals surface area contributed by atoms with Gasteiger partial charge >= 0.3 is 0 Å². The first kappa shape index (κ1) is 11.7. The molecular formula is C8H16ClNOSi. The standard InChI is InChI=1S/C8H16ClNOSi/c1-4-8(11)10-6-5-7-12(2,3)9/h4H,1,5-7H2,2-3H3,(H,10,11). The number of halogens is 1. The maximum atomic E-state index is 10.7. The van der Waals surface area contributed by atoms with E-state index in [0.717, 1.165) is 12.5 Å². The van der Waals surface area contributed by atoms with Gasteiger partial charge in [-0.05, 0) is 18.5 Å². The van der Waals surface area contributed by atoms with Gasteiger partial charge in [0.25, 0.3) is 0 Å². The molecule has 0 unspecified atom stereocenters. The Morgan fingerprint density at radius 3 is 2.67 bits per heavy atom. The van der Waals surface area contributed by atoms with E-state index in [9.17, 15) is 4.79 Å². The second-order valence-corrected chi connectivity index (χ2v) is 10.3. The molecule has 4 heteroatoms. The van der Waals surface area contributed by atoms with Gasteiger partial charge in [0.05, 0.1) is 0 Å². The van der Waals surface area contributed by atoms with Crippen LogP contribution in [0.15, 0.2) is 12.7 Å². The lowest BCUT2D eigenvalue weighted by Gasteiger charge is -2.11. The molecule has 12 heavy (non-hydrogen) atoms. The van der Waals surface area contributed by atoms with E-state index >= 15 is 0 Å². The number of rotatable bonds is 5. The Morgan fingerprint density at radius 2 is 2.25 bits per heavy atom. The molecule has 2 nitrogen and oxygen atoms in total. The molecule has 1 amide bonds. The van der Waals surface area contributed by atoms with Gasteiger partial charge in [0.2, 0.25) is 5.91 Å². The zero-order valence-corrected chi connectivity index (χ0v) is 9.45. The van der Waals surface area contributed by atoms with Crippen molar-refractivity contribution in [2.45, 2.75) is 25.6 Å². The normalized spacial score (nSPS) is 10.9. The maximum absolute atomic E-state index is 10.7. The van der Waals surface area contributed by atoms with E-state index in [2.05, 4.69) is 25.0 Å². The molecule has 0 aromatic carbocycles. The van der Waals surface area contributed by atoms with E-state index < -0.39 is 7.38 Å². The van der Waals surface area contributed by atoms with E-state index in [1.165, 1.54) is 6.08 Å². The second kappa shape index (κ2) is 5.38. The minimum absolute atomic E-state index is 0.107. The highest BCUT2D eigenvalue weighted by molar-refractivity contribution is 7.19. The van der Waals surface area contributed by atoms with Crippen molar-refractivity contribution in [1.29, 1.82) is 0 Å². The monoisotopic (exact) mass is 205 g/mol. The fraction of sp³-hybridized carbons (Fsp3) is 0.625. The number of nitrogens with one attached hydrogen (secondary N) is 1. The zero-order chi connectivity index (χ0) is 9.61. The molecule has 0 saturated heterocycles. The molecule has 0 aromatic rings. The van der Waals surface area contributed by atoms with Crippen molar-refractivity contribution in [3.05, 3.63) is 12.7 Å². The van der Waals surface area contributed by atoms with Crippen LogP contribution in [0.25, 0.3) is 0 Å². The Hall–Kier alpha value is -0.283. The first-order chi connectivity index (χ1) is 5.45. The van der Waals surface area contributed by atoms with Crippen LogP contribution in [0.2, 0.25) is 19.1 Å². The zero-order valence-electron chi connectivity index (χ0n) is 7.69. The van der Waals surface area contributed by atoms with Gasteiger partial charge in [0.15, 0.2) is 7.38 Å². The molecule has 0 spiro atoms. The van der Waals surface area contributed by atoms with Crippen LogP contribution < -0.4 is 5.32 Å². The summed E-state index contributed by atoms with van der Waals surface area (Å²) in [5.74, 6) is -0.107. The van der Waals surface area contributed by atoms with Crippen LogP contribution >= 0.6 is 11.1 Å². The summed E-state index contributed by atoms with van der Waals surface area (Å²) in [6.45, 7) is 8.26. The van der Waals surface area contributed by atoms with Crippen LogP contribution in [0.5, 0.6) is 0 Å². The van der Waals surface area contributed by atoms with Crippen LogP contribution in [0, 0.1) is 0 Å². The lowest BCUT2D eigenvalue weighted by atomic mass is 10.4. The SMILES string of the molecule is C=CC(=O)NCCC[Si](C)(C)Cl. The molecular weight excluding hydrogens is 190 g/mol. The third-order valence-corrected chi connectivity index (χ3v) is 3.54. The summed E-state index contributed by atoms with van der Waals surface area (Å²) in [5.41, 5.74) is 0. The quantitative estimate of drug-likeness (QED) is 0.317. The van der Waals surface area contributed by atoms with Crippen molar-refractivity contribution < 1.29 is 4.79 Å². The Morgan fingerprint density at radius 1 is 1.67 bits per heavy atom. The Bertz CT molecular complexity index is 165. The number of hydrogen-bond donors (Lipinski definition) is 1. The Labute approximate surface area is 79.7 Å². The first-order valence-corrected chi connectivity index (χ1v) is 8.27. The number of carbonyl (C=O) groups is 1. The highest BCUT2D eigenvalue weighted by Crippen LogP contribution is 2.15. The fourth-order valence-electron chi connectivity index (χ4n) is 0.793. The largest absolute Gasteiger partial charge is 0.353 e. The highest BCUT2D eigenvalue weighted by atomic mass is 35.6. The van der Waals surface area contributed by atoms with E-state index in [-0.39, 0.29) is 5.91 Å². The van der Waals surface area contributed by atoms with Gasteiger partial charge in [-0.15, -0.1) is 0 Å². The summed E-state index contributed by atoms with van der Waals surface area (Å²) in [5, 5.41) is 2.71. The van der Waals surface area contributed by atoms with Gasteiger partial charge in [-0.3, -0.25) is 4.79 Å². The predicted octanol–water partition coefficient (Wildman–Crippen LogP) is 2.12. The minimum Gasteiger partial charge on any atom is -0.353 e. The molecule has 0 aliphatic heterocycles. The van der Waals surface area contributed by atoms with Crippen molar-refractivity contribution in [2.75, 3.05) is 6.54 Å². The van der Waals surface area contributed by atoms with Crippen molar-refractivity contribution in [3.63, 3.8) is 0 Å². The van der Waals surface area contributed by atoms with Gasteiger partial charge in [-0.2, -0.15) is 11.1 Å². The molecule has 0 saturated carbocycles. The molecule has 0 aliphatic carbocycles. The van der Waals surface area contributed by atoms with E-state index in [0.29, 0.717) is 6.54 Å². The Kier molecular flexibility index (Phi) is 5.25. The number of amides is 1. The molecule has 0 aliphatic rings. The lowest BCUT2D eigenvalue weighted by Crippen LogP contribution is -2.24. The van der Waals surface area contributed by atoms with Crippen LogP contribution in [0.4, 0.5) is 0 Å². The molecule has 1 N–H and O–H groups in total. The first-order valence-electron chi connectivity index (χ1n) is 4.05. The molecule has 0 atom stereocenters. The number of carbonyl (C=O) groups excluding carboxylic acids is 1. The summed E-state index contributed by atoms with van der Waals surface area (Å²) in [7, 11) is -1.44. The van der Waals surface area contributed by atoms with Crippen molar-refractivity contribution in [3.8, 4) is 0 Å². The molecule has 0 rings (SSSR count). The average molecular weight is 206 g/mol. The molecule has 0 aromatic heterocycles. The molecule has 0 heterocycles. The van der Waals surface area contributed by atoms with E-state index in [4.69, 9.17) is 11.1 Å². The number of hydrogen-bond acceptors (Lipinski definition) is 1. The average Bonchev–Trinajstić information content (AvgIpc) is 1.96. The van der Waals surface area contributed by atoms with Crippen LogP contribution in [-0.2, 0) is 4.79 Å². The minimum atomic E-state index is -1.44. The third kappa shape index (κ3) is 7.82. The van der Waals surface area contributed by atoms with Gasteiger partial charge in [-0.1, -0.05) is 19.7 Å². The summed E-state index contributed by atoms with van der Waals surface area (Å²) >= 11 is 6.09. The maximum Gasteiger partial charge on any atom is 0.243 e. The summed E-state index contributed by atoms with van der Waals surface area (Å²) in [6, 6.07) is 1.03. The molecule has 0 bridgehead atoms. The summed E-state index contributed by atoms with van der Waals surface area (Å²) < 4.78 is 0. The Balaban J connectivity index is 3.34. The van der Waals surface area contributed by atoms with Crippen molar-refractivity contribution >= 4 is 24.4 Å². The van der Waals surface area contributed by atoms with Crippen LogP contribution in [0.1, 0.15) is 6.42 Å². The topological polar surface area (TPSA) is 29.1 Å². The van der Waals surface area contributed by atoms with E-state index in [1.807, 2.05) is 0 Å². The molecule has 70 valence electrons. The van der Waals surface area contributed by atoms with Gasteiger partial charge in [0.1, 0.15) is 0 Å². The summed E-state index contributed by atoms with van der Waals surface area (Å²) in [6.07, 6.45) is 2.24. The smallest absolute Gasteiger partial charge is 0.243 e. The molecule has 0 fully saturated rings. The van der Waals surface area contributed by atoms with Gasteiger partial charge < -0.3 is 5.32 Å². The predicted molar refractivity (Wildman–Crippen MR) is 56.0 cm³/mol. The highest BCUT2D eigenvalue weighted by Gasteiger charge is 2.15. The fourth-order valence-corrected chi connectivity index (χ4v) is 2.21. The lowest BCUT2D eigenvalue weighted by molar-refractivity contribution is -0.116. The molecule has 0 radical (unpaired) electrons. The van der Waals surface area contributed by atoms with Crippen LogP contribution in [0.3, 0.4) is 0 Å². The van der Waals surface area contributed by atoms with Gasteiger partial charge in [0, 0.05) is 6.54 Å². The summed E-state index contributed by atoms with van der Waals surface area (Å²) in [4.78, 5) is 10.7. The van der Waals surface area contributed by atoms with Crippen molar-refractivity contribution in [1.82, 2.24) is 5.32 Å². The van der Waals surface area contributed by atoms with Gasteiger partial charge in [-0.25, -0.2) is 0 Å². The van der Waals surface area contributed by atoms with E-state index in [1.54, 1.807) is 0 Å². The van der Waals surface area contributed by atoms with Crippen molar-refractivity contribution in [2.24, 2.45) is 0 Å². The van der Waals surface area contributed by atoms with Crippen LogP contribution in [-0.4, -0.2) is 19.8 Å². The second-order valence-electron chi connectivity index (χ2n) is 3.32. The third-order valence-electron chi connectivity index (χ3n) is 1.43.